The first-order chi connectivity index (χ1) is 14.7. The maximum atomic E-state index is 12.2. The Morgan fingerprint density at radius 1 is 1.07 bits per heavy atom. The van der Waals surface area contributed by atoms with Crippen molar-refractivity contribution >= 4 is 5.91 Å². The Hall–Kier alpha value is -2.96. The van der Waals surface area contributed by atoms with Gasteiger partial charge in [-0.25, -0.2) is 0 Å². The van der Waals surface area contributed by atoms with E-state index in [1.165, 1.54) is 11.1 Å². The highest BCUT2D eigenvalue weighted by atomic mass is 16.5. The summed E-state index contributed by atoms with van der Waals surface area (Å²) in [6, 6.07) is 20.9. The molecule has 0 radical (unpaired) electrons. The van der Waals surface area contributed by atoms with Crippen molar-refractivity contribution in [3.05, 3.63) is 89.7 Å². The summed E-state index contributed by atoms with van der Waals surface area (Å²) >= 11 is 0. The van der Waals surface area contributed by atoms with Crippen LogP contribution in [0.25, 0.3) is 0 Å². The van der Waals surface area contributed by atoms with E-state index < -0.39 is 5.54 Å². The second-order valence-electron chi connectivity index (χ2n) is 8.19. The maximum Gasteiger partial charge on any atom is 0.246 e. The van der Waals surface area contributed by atoms with Crippen molar-refractivity contribution in [2.45, 2.75) is 31.2 Å². The third kappa shape index (κ3) is 3.76. The van der Waals surface area contributed by atoms with Crippen LogP contribution in [0.5, 0.6) is 0 Å². The molecule has 2 aliphatic rings. The average molecular weight is 402 g/mol. The summed E-state index contributed by atoms with van der Waals surface area (Å²) in [6.45, 7) is 3.46. The molecule has 2 aromatic carbocycles. The van der Waals surface area contributed by atoms with Gasteiger partial charge in [-0.3, -0.25) is 14.4 Å². The molecule has 5 rings (SSSR count). The zero-order valence-electron chi connectivity index (χ0n) is 16.9. The SMILES string of the molecule is O=C1CO[C@@H]2CN(Cc3cccc(Cn4cccn4)c3)CC[C@@]2(c2ccccc2)N1. The lowest BCUT2D eigenvalue weighted by atomic mass is 9.77. The predicted molar refractivity (Wildman–Crippen MR) is 114 cm³/mol. The van der Waals surface area contributed by atoms with Gasteiger partial charge in [0.25, 0.3) is 0 Å². The Morgan fingerprint density at radius 3 is 2.70 bits per heavy atom. The normalized spacial score (nSPS) is 24.3. The number of aromatic nitrogens is 2. The van der Waals surface area contributed by atoms with E-state index in [0.29, 0.717) is 0 Å². The number of amides is 1. The highest BCUT2D eigenvalue weighted by molar-refractivity contribution is 5.79. The number of hydrogen-bond acceptors (Lipinski definition) is 4. The van der Waals surface area contributed by atoms with Crippen molar-refractivity contribution in [2.75, 3.05) is 19.7 Å². The standard InChI is InChI=1S/C24H26N4O2/c29-23-18-30-22-17-27(13-10-24(22,26-23)21-8-2-1-3-9-21)15-19-6-4-7-20(14-19)16-28-12-5-11-25-28/h1-9,11-12,14,22H,10,13,15-18H2,(H,26,29)/t22-,24+/m1/s1. The molecule has 3 aromatic rings. The molecule has 6 heteroatoms. The zero-order valence-corrected chi connectivity index (χ0v) is 16.9. The lowest BCUT2D eigenvalue weighted by molar-refractivity contribution is -0.152. The molecule has 2 fully saturated rings. The van der Waals surface area contributed by atoms with Gasteiger partial charge in [0.05, 0.1) is 18.2 Å². The third-order valence-corrected chi connectivity index (χ3v) is 6.16. The first kappa shape index (κ1) is 19.0. The molecule has 2 aliphatic heterocycles. The molecule has 2 atom stereocenters. The molecule has 1 amide bonds. The predicted octanol–water partition coefficient (Wildman–Crippen LogP) is 2.55. The summed E-state index contributed by atoms with van der Waals surface area (Å²) < 4.78 is 7.99. The summed E-state index contributed by atoms with van der Waals surface area (Å²) in [5.41, 5.74) is 3.22. The number of benzene rings is 2. The first-order valence-electron chi connectivity index (χ1n) is 10.5. The Bertz CT molecular complexity index is 1010. The van der Waals surface area contributed by atoms with Gasteiger partial charge in [0.2, 0.25) is 5.91 Å². The van der Waals surface area contributed by atoms with E-state index in [1.807, 2.05) is 35.1 Å². The first-order valence-corrected chi connectivity index (χ1v) is 10.5. The number of morpholine rings is 1. The van der Waals surface area contributed by atoms with E-state index in [0.717, 1.165) is 38.2 Å². The molecule has 3 heterocycles. The van der Waals surface area contributed by atoms with Gasteiger partial charge in [-0.15, -0.1) is 0 Å². The Balaban J connectivity index is 1.31. The van der Waals surface area contributed by atoms with Crippen LogP contribution in [0.3, 0.4) is 0 Å². The minimum Gasteiger partial charge on any atom is -0.364 e. The number of carbonyl (C=O) groups is 1. The number of fused-ring (bicyclic) bond motifs is 1. The Morgan fingerprint density at radius 2 is 1.90 bits per heavy atom. The van der Waals surface area contributed by atoms with Crippen LogP contribution in [0, 0.1) is 0 Å². The molecule has 1 N–H and O–H groups in total. The van der Waals surface area contributed by atoms with Gasteiger partial charge >= 0.3 is 0 Å². The summed E-state index contributed by atoms with van der Waals surface area (Å²) in [5, 5.41) is 7.57. The molecule has 0 spiro atoms. The average Bonchev–Trinajstić information content (AvgIpc) is 3.28. The molecule has 6 nitrogen and oxygen atoms in total. The fourth-order valence-corrected chi connectivity index (χ4v) is 4.72. The summed E-state index contributed by atoms with van der Waals surface area (Å²) in [4.78, 5) is 14.6. The fourth-order valence-electron chi connectivity index (χ4n) is 4.72. The number of likely N-dealkylation sites (tertiary alicyclic amines) is 1. The second kappa shape index (κ2) is 8.05. The van der Waals surface area contributed by atoms with Gasteiger partial charge in [0.15, 0.2) is 0 Å². The Kier molecular flexibility index (Phi) is 5.11. The monoisotopic (exact) mass is 402 g/mol. The zero-order chi connectivity index (χ0) is 20.4. The highest BCUT2D eigenvalue weighted by Crippen LogP contribution is 2.37. The van der Waals surface area contributed by atoms with E-state index in [-0.39, 0.29) is 18.6 Å². The summed E-state index contributed by atoms with van der Waals surface area (Å²) in [5.74, 6) is -0.0325. The van der Waals surface area contributed by atoms with Gasteiger partial charge < -0.3 is 10.1 Å². The number of piperidine rings is 1. The smallest absolute Gasteiger partial charge is 0.246 e. The van der Waals surface area contributed by atoms with Crippen molar-refractivity contribution < 1.29 is 9.53 Å². The lowest BCUT2D eigenvalue weighted by Crippen LogP contribution is -2.66. The summed E-state index contributed by atoms with van der Waals surface area (Å²) in [6.07, 6.45) is 4.56. The van der Waals surface area contributed by atoms with Crippen LogP contribution in [0.4, 0.5) is 0 Å². The van der Waals surface area contributed by atoms with Crippen LogP contribution in [0.1, 0.15) is 23.1 Å². The van der Waals surface area contributed by atoms with Crippen LogP contribution in [-0.2, 0) is 28.2 Å². The Labute approximate surface area is 176 Å². The molecule has 1 aromatic heterocycles. The molecular weight excluding hydrogens is 376 g/mol. The second-order valence-corrected chi connectivity index (χ2v) is 8.19. The van der Waals surface area contributed by atoms with Crippen LogP contribution < -0.4 is 5.32 Å². The molecule has 0 saturated carbocycles. The third-order valence-electron chi connectivity index (χ3n) is 6.16. The largest absolute Gasteiger partial charge is 0.364 e. The molecule has 30 heavy (non-hydrogen) atoms. The van der Waals surface area contributed by atoms with Crippen molar-refractivity contribution in [3.8, 4) is 0 Å². The topological polar surface area (TPSA) is 59.4 Å². The number of ether oxygens (including phenoxy) is 1. The van der Waals surface area contributed by atoms with Crippen molar-refractivity contribution in [1.82, 2.24) is 20.0 Å². The van der Waals surface area contributed by atoms with Crippen molar-refractivity contribution in [3.63, 3.8) is 0 Å². The number of rotatable bonds is 5. The molecule has 154 valence electrons. The number of nitrogens with zero attached hydrogens (tertiary/aromatic N) is 3. The van der Waals surface area contributed by atoms with Crippen LogP contribution in [-0.4, -0.2) is 46.4 Å². The van der Waals surface area contributed by atoms with Gasteiger partial charge in [-0.05, 0) is 29.2 Å². The minimum absolute atomic E-state index is 0.0325. The fraction of sp³-hybridized carbons (Fsp3) is 0.333. The van der Waals surface area contributed by atoms with Crippen molar-refractivity contribution in [2.24, 2.45) is 0 Å². The summed E-state index contributed by atoms with van der Waals surface area (Å²) in [7, 11) is 0. The molecular formula is C24H26N4O2. The molecule has 0 unspecified atom stereocenters. The van der Waals surface area contributed by atoms with E-state index in [9.17, 15) is 4.79 Å². The molecule has 2 saturated heterocycles. The maximum absolute atomic E-state index is 12.2. The van der Waals surface area contributed by atoms with Gasteiger partial charge in [0, 0.05) is 32.0 Å². The molecule has 0 bridgehead atoms. The minimum atomic E-state index is -0.435. The van der Waals surface area contributed by atoms with Gasteiger partial charge in [-0.2, -0.15) is 5.10 Å². The van der Waals surface area contributed by atoms with Gasteiger partial charge in [-0.1, -0.05) is 54.6 Å². The van der Waals surface area contributed by atoms with Crippen LogP contribution >= 0.6 is 0 Å². The van der Waals surface area contributed by atoms with Crippen molar-refractivity contribution in [1.29, 1.82) is 0 Å². The highest BCUT2D eigenvalue weighted by Gasteiger charge is 2.48. The van der Waals surface area contributed by atoms with E-state index in [2.05, 4.69) is 51.7 Å². The van der Waals surface area contributed by atoms with E-state index >= 15 is 0 Å². The lowest BCUT2D eigenvalue weighted by Gasteiger charge is -2.50. The van der Waals surface area contributed by atoms with E-state index in [1.54, 1.807) is 6.20 Å². The quantitative estimate of drug-likeness (QED) is 0.713. The number of nitrogens with one attached hydrogen (secondary N) is 1. The van der Waals surface area contributed by atoms with Crippen LogP contribution in [0.15, 0.2) is 73.1 Å². The molecule has 0 aliphatic carbocycles. The van der Waals surface area contributed by atoms with E-state index in [4.69, 9.17) is 4.74 Å². The number of carbonyl (C=O) groups excluding carboxylic acids is 1. The van der Waals surface area contributed by atoms with Gasteiger partial charge in [0.1, 0.15) is 6.61 Å². The van der Waals surface area contributed by atoms with Crippen LogP contribution in [0.2, 0.25) is 0 Å². The number of hydrogen-bond donors (Lipinski definition) is 1.